The van der Waals surface area contributed by atoms with Gasteiger partial charge < -0.3 is 14.2 Å². The number of nitrogens with zero attached hydrogens (tertiary/aromatic N) is 2. The fourth-order valence-electron chi connectivity index (χ4n) is 2.37. The third-order valence-electron chi connectivity index (χ3n) is 3.19. The van der Waals surface area contributed by atoms with Gasteiger partial charge in [0, 0.05) is 23.5 Å². The molecular formula is C12H14N2O2. The first-order valence-electron chi connectivity index (χ1n) is 5.60. The first-order valence-corrected chi connectivity index (χ1v) is 5.60. The molecule has 4 nitrogen and oxygen atoms in total. The standard InChI is InChI=1S/C12H14N2O2/c15-12-3-1-2-11-10(12)4-6-14(11)8-9-5-7-16-13-9/h4-7,12,15H,1-3,8H2. The fraction of sp³-hybridized carbons (Fsp3) is 0.417. The summed E-state index contributed by atoms with van der Waals surface area (Å²) in [5.41, 5.74) is 3.23. The molecule has 84 valence electrons. The van der Waals surface area contributed by atoms with Gasteiger partial charge in [0.1, 0.15) is 12.0 Å². The second-order valence-electron chi connectivity index (χ2n) is 4.24. The van der Waals surface area contributed by atoms with E-state index in [2.05, 4.69) is 9.72 Å². The van der Waals surface area contributed by atoms with Gasteiger partial charge >= 0.3 is 0 Å². The molecule has 0 fully saturated rings. The molecule has 0 saturated carbocycles. The molecule has 1 aliphatic rings. The summed E-state index contributed by atoms with van der Waals surface area (Å²) in [5.74, 6) is 0. The Morgan fingerprint density at radius 3 is 3.25 bits per heavy atom. The Hall–Kier alpha value is -1.55. The zero-order chi connectivity index (χ0) is 11.0. The quantitative estimate of drug-likeness (QED) is 0.837. The molecule has 2 heterocycles. The topological polar surface area (TPSA) is 51.2 Å². The first kappa shape index (κ1) is 9.66. The van der Waals surface area contributed by atoms with Gasteiger partial charge in [0.15, 0.2) is 0 Å². The number of fused-ring (bicyclic) bond motifs is 1. The zero-order valence-electron chi connectivity index (χ0n) is 8.97. The highest BCUT2D eigenvalue weighted by Crippen LogP contribution is 2.30. The molecule has 0 saturated heterocycles. The minimum atomic E-state index is -0.290. The minimum Gasteiger partial charge on any atom is -0.388 e. The number of aromatic nitrogens is 2. The summed E-state index contributed by atoms with van der Waals surface area (Å²) < 4.78 is 6.96. The van der Waals surface area contributed by atoms with Crippen LogP contribution < -0.4 is 0 Å². The minimum absolute atomic E-state index is 0.290. The average molecular weight is 218 g/mol. The molecule has 1 aliphatic carbocycles. The lowest BCUT2D eigenvalue weighted by molar-refractivity contribution is 0.155. The SMILES string of the molecule is OC1CCCc2c1ccn2Cc1ccon1. The number of aliphatic hydroxyl groups excluding tert-OH is 1. The maximum atomic E-state index is 9.85. The van der Waals surface area contributed by atoms with Crippen LogP contribution in [0.3, 0.4) is 0 Å². The number of aliphatic hydroxyl groups is 1. The molecule has 16 heavy (non-hydrogen) atoms. The lowest BCUT2D eigenvalue weighted by atomic mass is 9.95. The van der Waals surface area contributed by atoms with Crippen LogP contribution in [0.25, 0.3) is 0 Å². The summed E-state index contributed by atoms with van der Waals surface area (Å²) in [6.07, 6.45) is 6.28. The Bertz CT molecular complexity index is 473. The van der Waals surface area contributed by atoms with Gasteiger partial charge in [-0.1, -0.05) is 5.16 Å². The molecule has 0 radical (unpaired) electrons. The van der Waals surface area contributed by atoms with Gasteiger partial charge in [0.2, 0.25) is 0 Å². The van der Waals surface area contributed by atoms with Crippen LogP contribution in [0.4, 0.5) is 0 Å². The van der Waals surface area contributed by atoms with Crippen LogP contribution in [0.5, 0.6) is 0 Å². The second-order valence-corrected chi connectivity index (χ2v) is 4.24. The van der Waals surface area contributed by atoms with Gasteiger partial charge in [-0.25, -0.2) is 0 Å². The van der Waals surface area contributed by atoms with E-state index >= 15 is 0 Å². The van der Waals surface area contributed by atoms with E-state index in [0.29, 0.717) is 0 Å². The lowest BCUT2D eigenvalue weighted by Gasteiger charge is -2.19. The van der Waals surface area contributed by atoms with Crippen molar-refractivity contribution in [3.8, 4) is 0 Å². The Balaban J connectivity index is 1.91. The van der Waals surface area contributed by atoms with Crippen molar-refractivity contribution < 1.29 is 9.63 Å². The molecule has 1 N–H and O–H groups in total. The van der Waals surface area contributed by atoms with Gasteiger partial charge in [-0.2, -0.15) is 0 Å². The van der Waals surface area contributed by atoms with Crippen molar-refractivity contribution in [3.05, 3.63) is 41.5 Å². The fourth-order valence-corrected chi connectivity index (χ4v) is 2.37. The summed E-state index contributed by atoms with van der Waals surface area (Å²) in [7, 11) is 0. The highest BCUT2D eigenvalue weighted by molar-refractivity contribution is 5.28. The molecule has 0 aliphatic heterocycles. The van der Waals surface area contributed by atoms with E-state index in [9.17, 15) is 5.11 Å². The summed E-state index contributed by atoms with van der Waals surface area (Å²) in [5, 5.41) is 13.8. The monoisotopic (exact) mass is 218 g/mol. The normalized spacial score (nSPS) is 19.7. The molecule has 3 rings (SSSR count). The summed E-state index contributed by atoms with van der Waals surface area (Å²) in [4.78, 5) is 0. The van der Waals surface area contributed by atoms with Crippen LogP contribution in [-0.4, -0.2) is 14.8 Å². The lowest BCUT2D eigenvalue weighted by Crippen LogP contribution is -2.12. The first-order chi connectivity index (χ1) is 7.84. The van der Waals surface area contributed by atoms with Crippen molar-refractivity contribution in [2.45, 2.75) is 31.9 Å². The molecule has 2 aromatic rings. The Morgan fingerprint density at radius 2 is 2.44 bits per heavy atom. The predicted octanol–water partition coefficient (Wildman–Crippen LogP) is 1.89. The van der Waals surface area contributed by atoms with Crippen molar-refractivity contribution in [3.63, 3.8) is 0 Å². The van der Waals surface area contributed by atoms with E-state index in [1.807, 2.05) is 18.3 Å². The van der Waals surface area contributed by atoms with Gasteiger partial charge in [0.25, 0.3) is 0 Å². The van der Waals surface area contributed by atoms with E-state index in [-0.39, 0.29) is 6.10 Å². The van der Waals surface area contributed by atoms with Crippen molar-refractivity contribution >= 4 is 0 Å². The van der Waals surface area contributed by atoms with E-state index in [1.54, 1.807) is 6.26 Å². The molecule has 4 heteroatoms. The Kier molecular flexibility index (Phi) is 2.29. The maximum absolute atomic E-state index is 9.85. The average Bonchev–Trinajstić information content (AvgIpc) is 2.90. The highest BCUT2D eigenvalue weighted by atomic mass is 16.5. The van der Waals surface area contributed by atoms with Crippen LogP contribution >= 0.6 is 0 Å². The van der Waals surface area contributed by atoms with Crippen molar-refractivity contribution in [1.29, 1.82) is 0 Å². The van der Waals surface area contributed by atoms with Crippen LogP contribution in [0.1, 0.15) is 35.9 Å². The van der Waals surface area contributed by atoms with E-state index in [1.165, 1.54) is 5.69 Å². The summed E-state index contributed by atoms with van der Waals surface area (Å²) in [6.45, 7) is 0.721. The zero-order valence-corrected chi connectivity index (χ0v) is 8.97. The molecule has 1 atom stereocenters. The molecule has 0 bridgehead atoms. The van der Waals surface area contributed by atoms with Gasteiger partial charge in [-0.05, 0) is 25.3 Å². The highest BCUT2D eigenvalue weighted by Gasteiger charge is 2.21. The van der Waals surface area contributed by atoms with Crippen LogP contribution in [-0.2, 0) is 13.0 Å². The van der Waals surface area contributed by atoms with Gasteiger partial charge in [0.05, 0.1) is 12.6 Å². The van der Waals surface area contributed by atoms with E-state index in [4.69, 9.17) is 4.52 Å². The molecule has 1 unspecified atom stereocenters. The van der Waals surface area contributed by atoms with E-state index in [0.717, 1.165) is 37.1 Å². The van der Waals surface area contributed by atoms with Crippen LogP contribution in [0.2, 0.25) is 0 Å². The van der Waals surface area contributed by atoms with Crippen LogP contribution in [0, 0.1) is 0 Å². The van der Waals surface area contributed by atoms with Crippen molar-refractivity contribution in [2.24, 2.45) is 0 Å². The summed E-state index contributed by atoms with van der Waals surface area (Å²) in [6, 6.07) is 3.88. The Morgan fingerprint density at radius 1 is 1.50 bits per heavy atom. The maximum Gasteiger partial charge on any atom is 0.124 e. The molecule has 0 spiro atoms. The number of hydrogen-bond acceptors (Lipinski definition) is 3. The predicted molar refractivity (Wildman–Crippen MR) is 57.9 cm³/mol. The third-order valence-corrected chi connectivity index (χ3v) is 3.19. The molecular weight excluding hydrogens is 204 g/mol. The summed E-state index contributed by atoms with van der Waals surface area (Å²) >= 11 is 0. The smallest absolute Gasteiger partial charge is 0.124 e. The van der Waals surface area contributed by atoms with Gasteiger partial charge in [-0.3, -0.25) is 0 Å². The molecule has 2 aromatic heterocycles. The van der Waals surface area contributed by atoms with Crippen molar-refractivity contribution in [2.75, 3.05) is 0 Å². The van der Waals surface area contributed by atoms with Crippen LogP contribution in [0.15, 0.2) is 29.1 Å². The molecule has 0 aromatic carbocycles. The Labute approximate surface area is 93.5 Å². The second kappa shape index (κ2) is 3.79. The number of rotatable bonds is 2. The largest absolute Gasteiger partial charge is 0.388 e. The number of hydrogen-bond donors (Lipinski definition) is 1. The van der Waals surface area contributed by atoms with E-state index < -0.39 is 0 Å². The van der Waals surface area contributed by atoms with Crippen molar-refractivity contribution in [1.82, 2.24) is 9.72 Å². The molecule has 0 amide bonds. The third kappa shape index (κ3) is 1.55. The van der Waals surface area contributed by atoms with Gasteiger partial charge in [-0.15, -0.1) is 0 Å².